The molecule has 0 radical (unpaired) electrons. The van der Waals surface area contributed by atoms with Gasteiger partial charge in [-0.1, -0.05) is 41.6 Å². The van der Waals surface area contributed by atoms with Gasteiger partial charge in [0.1, 0.15) is 11.1 Å². The molecule has 0 saturated carbocycles. The maximum Gasteiger partial charge on any atom is 0.343 e. The molecule has 0 saturated heterocycles. The number of hydrogen-bond acceptors (Lipinski definition) is 6. The monoisotopic (exact) mass is 397 g/mol. The van der Waals surface area contributed by atoms with Crippen LogP contribution in [-0.2, 0) is 9.59 Å². The van der Waals surface area contributed by atoms with Crippen molar-refractivity contribution in [3.05, 3.63) is 65.2 Å². The fourth-order valence-corrected chi connectivity index (χ4v) is 3.69. The highest BCUT2D eigenvalue weighted by molar-refractivity contribution is 8.14. The highest BCUT2D eigenvalue weighted by atomic mass is 32.2. The molecule has 1 atom stereocenters. The van der Waals surface area contributed by atoms with Gasteiger partial charge < -0.3 is 10.1 Å². The molecule has 0 spiro atoms. The molecule has 1 aliphatic rings. The van der Waals surface area contributed by atoms with E-state index >= 15 is 0 Å². The van der Waals surface area contributed by atoms with Gasteiger partial charge in [-0.3, -0.25) is 9.59 Å². The lowest BCUT2D eigenvalue weighted by molar-refractivity contribution is -0.129. The van der Waals surface area contributed by atoms with Crippen LogP contribution in [-0.4, -0.2) is 28.0 Å². The van der Waals surface area contributed by atoms with E-state index in [1.165, 1.54) is 30.6 Å². The van der Waals surface area contributed by atoms with Gasteiger partial charge in [-0.2, -0.15) is 0 Å². The van der Waals surface area contributed by atoms with Crippen LogP contribution in [0.4, 0.5) is 0 Å². The summed E-state index contributed by atoms with van der Waals surface area (Å²) >= 11 is 1.24. The van der Waals surface area contributed by atoms with Crippen LogP contribution in [0.3, 0.4) is 0 Å². The Bertz CT molecular complexity index is 956. The number of nitrogens with zero attached hydrogens (tertiary/aromatic N) is 2. The lowest BCUT2D eigenvalue weighted by Gasteiger charge is -2.19. The molecule has 2 aromatic rings. The van der Waals surface area contributed by atoms with Crippen LogP contribution in [0.15, 0.2) is 53.6 Å². The molecular formula is C20H19N3O4S. The molecule has 0 bridgehead atoms. The molecule has 2 aromatic carbocycles. The second-order valence-electron chi connectivity index (χ2n) is 6.25. The molecule has 8 heteroatoms. The van der Waals surface area contributed by atoms with Gasteiger partial charge in [0.2, 0.25) is 11.8 Å². The number of carbonyl (C=O) groups is 3. The second kappa shape index (κ2) is 8.26. The van der Waals surface area contributed by atoms with Gasteiger partial charge in [0.05, 0.1) is 5.56 Å². The van der Waals surface area contributed by atoms with Crippen LogP contribution in [0.1, 0.15) is 40.7 Å². The topological polar surface area (TPSA) is 88.1 Å². The average molecular weight is 397 g/mol. The number of rotatable bonds is 3. The number of nitrogens with one attached hydrogen (secondary N) is 1. The third kappa shape index (κ3) is 4.58. The first kappa shape index (κ1) is 19.6. The van der Waals surface area contributed by atoms with Crippen molar-refractivity contribution in [1.82, 2.24) is 10.3 Å². The summed E-state index contributed by atoms with van der Waals surface area (Å²) in [5.41, 5.74) is 2.22. The maximum atomic E-state index is 12.3. The van der Waals surface area contributed by atoms with Crippen molar-refractivity contribution >= 4 is 34.7 Å². The number of ether oxygens (including phenoxy) is 1. The smallest absolute Gasteiger partial charge is 0.343 e. The minimum Gasteiger partial charge on any atom is -0.423 e. The minimum absolute atomic E-state index is 0.264. The third-order valence-electron chi connectivity index (χ3n) is 3.89. The largest absolute Gasteiger partial charge is 0.423 e. The molecule has 2 amide bonds. The summed E-state index contributed by atoms with van der Waals surface area (Å²) in [5, 5.41) is 7.92. The van der Waals surface area contributed by atoms with Crippen molar-refractivity contribution in [2.45, 2.75) is 26.1 Å². The first-order valence-corrected chi connectivity index (χ1v) is 9.43. The minimum atomic E-state index is -0.463. The van der Waals surface area contributed by atoms with Crippen LogP contribution in [0.2, 0.25) is 0 Å². The van der Waals surface area contributed by atoms with Crippen LogP contribution in [0, 0.1) is 6.92 Å². The zero-order chi connectivity index (χ0) is 20.3. The summed E-state index contributed by atoms with van der Waals surface area (Å²) in [5.74, 6) is -0.633. The number of amides is 2. The van der Waals surface area contributed by atoms with Gasteiger partial charge in [-0.25, -0.2) is 9.80 Å². The summed E-state index contributed by atoms with van der Waals surface area (Å²) in [6.45, 7) is 4.71. The van der Waals surface area contributed by atoms with E-state index in [0.717, 1.165) is 11.1 Å². The molecule has 3 rings (SSSR count). The first-order chi connectivity index (χ1) is 13.3. The van der Waals surface area contributed by atoms with Gasteiger partial charge in [0.15, 0.2) is 5.17 Å². The van der Waals surface area contributed by atoms with E-state index in [1.807, 2.05) is 25.1 Å². The Hall–Kier alpha value is -3.13. The average Bonchev–Trinajstić information content (AvgIpc) is 3.06. The van der Waals surface area contributed by atoms with Gasteiger partial charge >= 0.3 is 5.97 Å². The Kier molecular flexibility index (Phi) is 5.79. The SMILES string of the molecule is CC(=O)NC1=NN(C(C)=O)[C@H](c2cccc(OC(=O)c3ccc(C)cc3)c2)S1. The van der Waals surface area contributed by atoms with Gasteiger partial charge in [-0.15, -0.1) is 5.10 Å². The Labute approximate surface area is 166 Å². The molecule has 7 nitrogen and oxygen atoms in total. The van der Waals surface area contributed by atoms with E-state index in [-0.39, 0.29) is 11.8 Å². The van der Waals surface area contributed by atoms with Crippen molar-refractivity contribution in [2.75, 3.05) is 0 Å². The van der Waals surface area contributed by atoms with Crippen molar-refractivity contribution < 1.29 is 19.1 Å². The van der Waals surface area contributed by atoms with Crippen molar-refractivity contribution in [2.24, 2.45) is 5.10 Å². The van der Waals surface area contributed by atoms with E-state index in [1.54, 1.807) is 30.3 Å². The maximum absolute atomic E-state index is 12.3. The standard InChI is InChI=1S/C20H19N3O4S/c1-12-7-9-15(10-8-12)19(26)27-17-6-4-5-16(11-17)18-23(14(3)25)22-20(28-18)21-13(2)24/h4-11,18H,1-3H3,(H,21,22,24)/t18-/m0/s1. The highest BCUT2D eigenvalue weighted by Gasteiger charge is 2.32. The van der Waals surface area contributed by atoms with Crippen molar-refractivity contribution in [1.29, 1.82) is 0 Å². The lowest BCUT2D eigenvalue weighted by Crippen LogP contribution is -2.25. The van der Waals surface area contributed by atoms with Gasteiger partial charge in [0, 0.05) is 13.8 Å². The molecule has 1 heterocycles. The Morgan fingerprint density at radius 1 is 1.11 bits per heavy atom. The number of hydrogen-bond donors (Lipinski definition) is 1. The number of amidine groups is 1. The fourth-order valence-electron chi connectivity index (χ4n) is 2.57. The van der Waals surface area contributed by atoms with Gasteiger partial charge in [-0.05, 0) is 36.8 Å². The summed E-state index contributed by atoms with van der Waals surface area (Å²) in [4.78, 5) is 35.6. The summed E-state index contributed by atoms with van der Waals surface area (Å²) < 4.78 is 5.47. The number of carbonyl (C=O) groups excluding carboxylic acids is 3. The molecular weight excluding hydrogens is 378 g/mol. The molecule has 0 fully saturated rings. The summed E-state index contributed by atoms with van der Waals surface area (Å²) in [7, 11) is 0. The molecule has 0 aliphatic carbocycles. The normalized spacial score (nSPS) is 15.8. The van der Waals surface area contributed by atoms with E-state index in [0.29, 0.717) is 16.5 Å². The van der Waals surface area contributed by atoms with Crippen molar-refractivity contribution in [3.63, 3.8) is 0 Å². The van der Waals surface area contributed by atoms with E-state index < -0.39 is 11.3 Å². The Balaban J connectivity index is 1.79. The first-order valence-electron chi connectivity index (χ1n) is 8.55. The number of esters is 1. The molecule has 0 aromatic heterocycles. The fraction of sp³-hybridized carbons (Fsp3) is 0.200. The molecule has 144 valence electrons. The van der Waals surface area contributed by atoms with Crippen LogP contribution in [0.25, 0.3) is 0 Å². The molecule has 1 aliphatic heterocycles. The zero-order valence-electron chi connectivity index (χ0n) is 15.6. The predicted octanol–water partition coefficient (Wildman–Crippen LogP) is 3.22. The summed E-state index contributed by atoms with van der Waals surface area (Å²) in [6, 6.07) is 14.0. The molecule has 0 unspecified atom stereocenters. The van der Waals surface area contributed by atoms with Crippen LogP contribution >= 0.6 is 11.8 Å². The van der Waals surface area contributed by atoms with Crippen LogP contribution < -0.4 is 10.1 Å². The Morgan fingerprint density at radius 3 is 2.46 bits per heavy atom. The zero-order valence-corrected chi connectivity index (χ0v) is 16.4. The van der Waals surface area contributed by atoms with E-state index in [4.69, 9.17) is 4.74 Å². The number of hydrazone groups is 1. The quantitative estimate of drug-likeness (QED) is 0.635. The number of aryl methyl sites for hydroxylation is 1. The lowest BCUT2D eigenvalue weighted by atomic mass is 10.1. The second-order valence-corrected chi connectivity index (χ2v) is 7.32. The summed E-state index contributed by atoms with van der Waals surface area (Å²) in [6.07, 6.45) is 0. The van der Waals surface area contributed by atoms with Crippen molar-refractivity contribution in [3.8, 4) is 5.75 Å². The number of thioether (sulfide) groups is 1. The van der Waals surface area contributed by atoms with Crippen LogP contribution in [0.5, 0.6) is 5.75 Å². The third-order valence-corrected chi connectivity index (χ3v) is 4.99. The predicted molar refractivity (Wildman–Crippen MR) is 107 cm³/mol. The van der Waals surface area contributed by atoms with Gasteiger partial charge in [0.25, 0.3) is 0 Å². The molecule has 1 N–H and O–H groups in total. The van der Waals surface area contributed by atoms with E-state index in [9.17, 15) is 14.4 Å². The number of benzene rings is 2. The molecule has 28 heavy (non-hydrogen) atoms. The Morgan fingerprint density at radius 2 is 1.82 bits per heavy atom. The highest BCUT2D eigenvalue weighted by Crippen LogP contribution is 2.39. The van der Waals surface area contributed by atoms with E-state index in [2.05, 4.69) is 10.4 Å².